The van der Waals surface area contributed by atoms with E-state index in [2.05, 4.69) is 5.32 Å². The van der Waals surface area contributed by atoms with Crippen LogP contribution in [-0.4, -0.2) is 10.1 Å². The topological polar surface area (TPSA) is 36.1 Å². The van der Waals surface area contributed by atoms with Crippen molar-refractivity contribution in [3.8, 4) is 0 Å². The summed E-state index contributed by atoms with van der Waals surface area (Å²) < 4.78 is 1.82. The van der Waals surface area contributed by atoms with Gasteiger partial charge in [0, 0.05) is 23.4 Å². The number of hydrogen-bond acceptors (Lipinski definition) is 2. The summed E-state index contributed by atoms with van der Waals surface area (Å²) in [5.74, 6) is 0.121. The van der Waals surface area contributed by atoms with E-state index in [1.807, 2.05) is 108 Å². The Morgan fingerprint density at radius 2 is 1.39 bits per heavy atom. The number of para-hydroxylation sites is 1. The molecule has 0 atom stereocenters. The van der Waals surface area contributed by atoms with Crippen LogP contribution in [0.3, 0.4) is 0 Å². The third-order valence-corrected chi connectivity index (χ3v) is 4.76. The number of aromatic nitrogens is 1. The van der Waals surface area contributed by atoms with Crippen molar-refractivity contribution < 1.29 is 9.67 Å². The molecular formula is C24H19N2OS+. The van der Waals surface area contributed by atoms with Crippen LogP contribution in [0.15, 0.2) is 103 Å². The summed E-state index contributed by atoms with van der Waals surface area (Å²) in [7, 11) is 0. The van der Waals surface area contributed by atoms with Crippen LogP contribution < -0.4 is 9.88 Å². The number of fused-ring (bicyclic) bond motifs is 1. The number of aliphatic hydroxyl groups excluding tert-OH is 1. The summed E-state index contributed by atoms with van der Waals surface area (Å²) in [4.78, 5) is 0.438. The second-order valence-electron chi connectivity index (χ2n) is 6.36. The zero-order chi connectivity index (χ0) is 19.3. The minimum Gasteiger partial charge on any atom is -0.502 e. The van der Waals surface area contributed by atoms with Crippen molar-refractivity contribution in [2.24, 2.45) is 0 Å². The van der Waals surface area contributed by atoms with Gasteiger partial charge in [-0.15, -0.1) is 0 Å². The van der Waals surface area contributed by atoms with Crippen molar-refractivity contribution in [2.75, 3.05) is 5.32 Å². The van der Waals surface area contributed by atoms with Gasteiger partial charge >= 0.3 is 0 Å². The zero-order valence-electron chi connectivity index (χ0n) is 15.1. The fourth-order valence-corrected chi connectivity index (χ4v) is 3.40. The molecule has 136 valence electrons. The van der Waals surface area contributed by atoms with E-state index in [1.54, 1.807) is 0 Å². The van der Waals surface area contributed by atoms with Crippen LogP contribution in [0.2, 0.25) is 0 Å². The molecule has 0 saturated heterocycles. The highest BCUT2D eigenvalue weighted by Crippen LogP contribution is 2.23. The number of hydrogen-bond donors (Lipinski definition) is 2. The van der Waals surface area contributed by atoms with Gasteiger partial charge in [-0.2, -0.15) is 4.57 Å². The first-order valence-corrected chi connectivity index (χ1v) is 9.39. The highest BCUT2D eigenvalue weighted by atomic mass is 32.1. The molecule has 1 heterocycles. The lowest BCUT2D eigenvalue weighted by atomic mass is 10.0. The van der Waals surface area contributed by atoms with Crippen LogP contribution in [0.25, 0.3) is 22.2 Å². The quantitative estimate of drug-likeness (QED) is 0.213. The zero-order valence-corrected chi connectivity index (χ0v) is 15.9. The molecule has 1 aromatic heterocycles. The van der Waals surface area contributed by atoms with Crippen LogP contribution in [0.4, 0.5) is 5.69 Å². The molecular weight excluding hydrogens is 364 g/mol. The lowest BCUT2D eigenvalue weighted by Crippen LogP contribution is -2.38. The van der Waals surface area contributed by atoms with Crippen molar-refractivity contribution in [1.82, 2.24) is 0 Å². The Hall–Kier alpha value is -3.50. The molecule has 3 aromatic carbocycles. The second kappa shape index (κ2) is 8.03. The first-order valence-electron chi connectivity index (χ1n) is 8.98. The maximum atomic E-state index is 11.2. The van der Waals surface area contributed by atoms with Gasteiger partial charge in [0.25, 0.3) is 5.70 Å². The van der Waals surface area contributed by atoms with Crippen molar-refractivity contribution in [1.29, 1.82) is 0 Å². The fraction of sp³-hybridized carbons (Fsp3) is 0. The van der Waals surface area contributed by atoms with Gasteiger partial charge in [-0.3, -0.25) is 0 Å². The molecule has 0 unspecified atom stereocenters. The van der Waals surface area contributed by atoms with Crippen molar-refractivity contribution in [3.05, 3.63) is 109 Å². The molecule has 0 bridgehead atoms. The molecule has 2 N–H and O–H groups in total. The highest BCUT2D eigenvalue weighted by Gasteiger charge is 2.23. The van der Waals surface area contributed by atoms with Gasteiger partial charge in [0.1, 0.15) is 0 Å². The third kappa shape index (κ3) is 3.77. The summed E-state index contributed by atoms with van der Waals surface area (Å²) in [5.41, 5.74) is 2.10. The summed E-state index contributed by atoms with van der Waals surface area (Å²) in [6.45, 7) is 0. The number of nitrogens with zero attached hydrogens (tertiary/aromatic N) is 1. The third-order valence-electron chi connectivity index (χ3n) is 4.47. The molecule has 0 radical (unpaired) electrons. The Labute approximate surface area is 169 Å². The number of pyridine rings is 1. The van der Waals surface area contributed by atoms with Gasteiger partial charge in [0.2, 0.25) is 0 Å². The molecule has 0 spiro atoms. The van der Waals surface area contributed by atoms with Crippen LogP contribution in [0, 0.1) is 0 Å². The average molecular weight is 383 g/mol. The molecule has 0 aliphatic heterocycles. The molecule has 4 aromatic rings. The standard InChI is InChI=1S/C24H18N2OS/c27-23(20-14-13-18-9-5-6-10-19(18)17-20)22(26-15-7-2-8-16-26)24(28)25-21-11-3-1-4-12-21/h1-17H,(H-,25,27,28)/p+1. The minimum absolute atomic E-state index is 0.121. The first-order chi connectivity index (χ1) is 13.7. The average Bonchev–Trinajstić information content (AvgIpc) is 2.75. The van der Waals surface area contributed by atoms with Crippen LogP contribution in [0.5, 0.6) is 0 Å². The molecule has 4 heteroatoms. The summed E-state index contributed by atoms with van der Waals surface area (Å²) in [6, 6.07) is 29.4. The molecule has 0 aliphatic rings. The van der Waals surface area contributed by atoms with E-state index in [1.165, 1.54) is 0 Å². The molecule has 28 heavy (non-hydrogen) atoms. The molecule has 0 saturated carbocycles. The predicted molar refractivity (Wildman–Crippen MR) is 119 cm³/mol. The maximum Gasteiger partial charge on any atom is 0.288 e. The number of benzene rings is 3. The monoisotopic (exact) mass is 383 g/mol. The number of nitrogens with one attached hydrogen (secondary N) is 1. The van der Waals surface area contributed by atoms with E-state index in [0.717, 1.165) is 16.5 Å². The maximum absolute atomic E-state index is 11.2. The largest absolute Gasteiger partial charge is 0.502 e. The number of anilines is 1. The van der Waals surface area contributed by atoms with Crippen LogP contribution >= 0.6 is 12.2 Å². The van der Waals surface area contributed by atoms with E-state index in [-0.39, 0.29) is 5.76 Å². The summed E-state index contributed by atoms with van der Waals surface area (Å²) >= 11 is 5.66. The molecule has 3 nitrogen and oxygen atoms in total. The van der Waals surface area contributed by atoms with E-state index in [9.17, 15) is 5.11 Å². The Morgan fingerprint density at radius 3 is 2.14 bits per heavy atom. The fourth-order valence-electron chi connectivity index (χ4n) is 3.08. The van der Waals surface area contributed by atoms with Crippen molar-refractivity contribution >= 4 is 45.1 Å². The summed E-state index contributed by atoms with van der Waals surface area (Å²) in [5, 5.41) is 16.6. The molecule has 0 aliphatic carbocycles. The molecule has 0 amide bonds. The van der Waals surface area contributed by atoms with E-state index in [4.69, 9.17) is 12.2 Å². The number of thiocarbonyl (C=S) groups is 1. The predicted octanol–water partition coefficient (Wildman–Crippen LogP) is 5.45. The SMILES string of the molecule is O/C(=C(/C(=S)Nc1ccccc1)[n+]1ccccc1)c1ccc2ccccc2c1. The summed E-state index contributed by atoms with van der Waals surface area (Å²) in [6.07, 6.45) is 3.73. The van der Waals surface area contributed by atoms with Crippen LogP contribution in [0.1, 0.15) is 5.56 Å². The van der Waals surface area contributed by atoms with Crippen molar-refractivity contribution in [3.63, 3.8) is 0 Å². The van der Waals surface area contributed by atoms with Gasteiger partial charge in [-0.25, -0.2) is 0 Å². The Bertz CT molecular complexity index is 1150. The van der Waals surface area contributed by atoms with Gasteiger partial charge in [0.05, 0.1) is 0 Å². The van der Waals surface area contributed by atoms with E-state index < -0.39 is 0 Å². The normalized spacial score (nSPS) is 11.7. The first kappa shape index (κ1) is 17.9. The van der Waals surface area contributed by atoms with Gasteiger partial charge in [-0.1, -0.05) is 72.9 Å². The Balaban J connectivity index is 1.82. The van der Waals surface area contributed by atoms with Gasteiger partial charge < -0.3 is 10.4 Å². The van der Waals surface area contributed by atoms with E-state index >= 15 is 0 Å². The minimum atomic E-state index is 0.121. The highest BCUT2D eigenvalue weighted by molar-refractivity contribution is 7.81. The lowest BCUT2D eigenvalue weighted by molar-refractivity contribution is -0.575. The Morgan fingerprint density at radius 1 is 0.750 bits per heavy atom. The number of aliphatic hydroxyl groups is 1. The number of rotatable bonds is 4. The Kier molecular flexibility index (Phi) is 5.13. The van der Waals surface area contributed by atoms with Gasteiger partial charge in [0.15, 0.2) is 23.1 Å². The lowest BCUT2D eigenvalue weighted by Gasteiger charge is -2.10. The van der Waals surface area contributed by atoms with Crippen LogP contribution in [-0.2, 0) is 0 Å². The molecule has 0 fully saturated rings. The second-order valence-corrected chi connectivity index (χ2v) is 6.77. The van der Waals surface area contributed by atoms with Gasteiger partial charge in [-0.05, 0) is 29.0 Å². The molecule has 4 rings (SSSR count). The smallest absolute Gasteiger partial charge is 0.288 e. The van der Waals surface area contributed by atoms with Crippen molar-refractivity contribution in [2.45, 2.75) is 0 Å². The van der Waals surface area contributed by atoms with E-state index in [0.29, 0.717) is 16.2 Å².